The Hall–Kier alpha value is -1.21. The lowest BCUT2D eigenvalue weighted by atomic mass is 10.1. The predicted molar refractivity (Wildman–Crippen MR) is 65.1 cm³/mol. The van der Waals surface area contributed by atoms with E-state index in [1.165, 1.54) is 10.6 Å². The van der Waals surface area contributed by atoms with Crippen molar-refractivity contribution < 1.29 is 8.42 Å². The number of sulfonamides is 1. The topological polar surface area (TPSA) is 75.2 Å². The van der Waals surface area contributed by atoms with Crippen molar-refractivity contribution in [2.24, 2.45) is 0 Å². The highest BCUT2D eigenvalue weighted by Gasteiger charge is 2.34. The first-order valence-corrected chi connectivity index (χ1v) is 7.34. The third-order valence-corrected chi connectivity index (χ3v) is 4.20. The minimum atomic E-state index is -3.19. The molecule has 17 heavy (non-hydrogen) atoms. The first-order chi connectivity index (χ1) is 8.04. The molecular formula is C10H16N4O2S. The molecule has 0 saturated carbocycles. The van der Waals surface area contributed by atoms with Crippen molar-refractivity contribution in [2.75, 3.05) is 25.2 Å². The highest BCUT2D eigenvalue weighted by molar-refractivity contribution is 7.88. The van der Waals surface area contributed by atoms with Crippen molar-refractivity contribution >= 4 is 15.8 Å². The molecule has 1 aromatic heterocycles. The maximum atomic E-state index is 11.7. The lowest BCUT2D eigenvalue weighted by Crippen LogP contribution is -2.30. The second-order valence-corrected chi connectivity index (χ2v) is 6.01. The fourth-order valence-corrected chi connectivity index (χ4v) is 3.32. The first kappa shape index (κ1) is 12.3. The molecule has 0 spiro atoms. The van der Waals surface area contributed by atoms with Crippen LogP contribution in [0.15, 0.2) is 12.4 Å². The van der Waals surface area contributed by atoms with Gasteiger partial charge in [-0.2, -0.15) is 4.31 Å². The third-order valence-electron chi connectivity index (χ3n) is 2.91. The summed E-state index contributed by atoms with van der Waals surface area (Å²) in [6.45, 7) is 0.559. The van der Waals surface area contributed by atoms with Crippen molar-refractivity contribution in [1.29, 1.82) is 0 Å². The number of nitrogens with one attached hydrogen (secondary N) is 1. The number of rotatable bonds is 3. The zero-order valence-corrected chi connectivity index (χ0v) is 10.7. The summed E-state index contributed by atoms with van der Waals surface area (Å²) in [5, 5.41) is 2.95. The van der Waals surface area contributed by atoms with Gasteiger partial charge in [0.1, 0.15) is 11.5 Å². The van der Waals surface area contributed by atoms with Crippen molar-refractivity contribution in [2.45, 2.75) is 18.9 Å². The van der Waals surface area contributed by atoms with Gasteiger partial charge in [-0.05, 0) is 12.8 Å². The molecule has 0 aromatic carbocycles. The Labute approximate surface area is 101 Å². The maximum Gasteiger partial charge on any atom is 0.211 e. The molecule has 1 atom stereocenters. The second kappa shape index (κ2) is 4.58. The van der Waals surface area contributed by atoms with Gasteiger partial charge in [0.25, 0.3) is 0 Å². The Kier molecular flexibility index (Phi) is 3.30. The van der Waals surface area contributed by atoms with Crippen molar-refractivity contribution in [3.8, 4) is 0 Å². The molecule has 6 nitrogen and oxygen atoms in total. The zero-order valence-electron chi connectivity index (χ0n) is 9.92. The lowest BCUT2D eigenvalue weighted by molar-refractivity contribution is 0.394. The van der Waals surface area contributed by atoms with Crippen LogP contribution in [0.2, 0.25) is 0 Å². The molecule has 1 aromatic rings. The van der Waals surface area contributed by atoms with Crippen LogP contribution in [0, 0.1) is 0 Å². The summed E-state index contributed by atoms with van der Waals surface area (Å²) in [7, 11) is -1.43. The molecule has 7 heteroatoms. The van der Waals surface area contributed by atoms with E-state index in [9.17, 15) is 8.42 Å². The van der Waals surface area contributed by atoms with E-state index < -0.39 is 10.0 Å². The molecule has 0 unspecified atom stereocenters. The summed E-state index contributed by atoms with van der Waals surface area (Å²) in [4.78, 5) is 8.43. The Morgan fingerprint density at radius 3 is 2.76 bits per heavy atom. The van der Waals surface area contributed by atoms with Gasteiger partial charge in [-0.3, -0.25) is 4.98 Å². The summed E-state index contributed by atoms with van der Waals surface area (Å²) in [5.41, 5.74) is 0.706. The molecule has 0 bridgehead atoms. The van der Waals surface area contributed by atoms with Crippen LogP contribution in [-0.2, 0) is 10.0 Å². The Bertz CT molecular complexity index is 503. The largest absolute Gasteiger partial charge is 0.372 e. The van der Waals surface area contributed by atoms with Gasteiger partial charge in [0.15, 0.2) is 0 Å². The van der Waals surface area contributed by atoms with Crippen LogP contribution in [-0.4, -0.2) is 42.5 Å². The van der Waals surface area contributed by atoms with Gasteiger partial charge in [0.2, 0.25) is 10.0 Å². The fourth-order valence-electron chi connectivity index (χ4n) is 2.20. The van der Waals surface area contributed by atoms with Gasteiger partial charge >= 0.3 is 0 Å². The molecule has 1 saturated heterocycles. The number of anilines is 1. The third kappa shape index (κ3) is 2.39. The van der Waals surface area contributed by atoms with E-state index in [-0.39, 0.29) is 6.04 Å². The molecule has 94 valence electrons. The lowest BCUT2D eigenvalue weighted by Gasteiger charge is -2.22. The molecule has 1 N–H and O–H groups in total. The molecule has 1 aliphatic rings. The maximum absolute atomic E-state index is 11.7. The van der Waals surface area contributed by atoms with E-state index in [1.807, 2.05) is 0 Å². The molecule has 0 radical (unpaired) electrons. The van der Waals surface area contributed by atoms with E-state index in [1.54, 1.807) is 19.4 Å². The van der Waals surface area contributed by atoms with Crippen molar-refractivity contribution in [3.05, 3.63) is 18.1 Å². The highest BCUT2D eigenvalue weighted by atomic mass is 32.2. The minimum Gasteiger partial charge on any atom is -0.372 e. The van der Waals surface area contributed by atoms with Crippen LogP contribution in [0.4, 0.5) is 5.82 Å². The average Bonchev–Trinajstić information content (AvgIpc) is 2.77. The van der Waals surface area contributed by atoms with Crippen LogP contribution < -0.4 is 5.32 Å². The van der Waals surface area contributed by atoms with Gasteiger partial charge in [0, 0.05) is 26.0 Å². The number of aromatic nitrogens is 2. The number of hydrogen-bond donors (Lipinski definition) is 1. The highest BCUT2D eigenvalue weighted by Crippen LogP contribution is 2.35. The Morgan fingerprint density at radius 1 is 1.41 bits per heavy atom. The van der Waals surface area contributed by atoms with Crippen molar-refractivity contribution in [1.82, 2.24) is 14.3 Å². The van der Waals surface area contributed by atoms with Gasteiger partial charge < -0.3 is 5.32 Å². The van der Waals surface area contributed by atoms with Crippen LogP contribution in [0.5, 0.6) is 0 Å². The fraction of sp³-hybridized carbons (Fsp3) is 0.600. The number of nitrogens with zero attached hydrogens (tertiary/aromatic N) is 3. The molecular weight excluding hydrogens is 240 g/mol. The van der Waals surface area contributed by atoms with Gasteiger partial charge in [0.05, 0.1) is 12.3 Å². The molecule has 1 aliphatic heterocycles. The van der Waals surface area contributed by atoms with E-state index in [0.29, 0.717) is 18.1 Å². The summed E-state index contributed by atoms with van der Waals surface area (Å²) < 4.78 is 24.8. The average molecular weight is 256 g/mol. The van der Waals surface area contributed by atoms with Gasteiger partial charge in [-0.15, -0.1) is 0 Å². The molecule has 2 rings (SSSR count). The van der Waals surface area contributed by atoms with Crippen LogP contribution in [0.3, 0.4) is 0 Å². The smallest absolute Gasteiger partial charge is 0.211 e. The Morgan fingerprint density at radius 2 is 2.12 bits per heavy atom. The zero-order chi connectivity index (χ0) is 12.5. The monoisotopic (exact) mass is 256 g/mol. The molecule has 0 aliphatic carbocycles. The van der Waals surface area contributed by atoms with Crippen LogP contribution >= 0.6 is 0 Å². The Balaban J connectivity index is 2.39. The van der Waals surface area contributed by atoms with E-state index in [4.69, 9.17) is 0 Å². The first-order valence-electron chi connectivity index (χ1n) is 5.49. The van der Waals surface area contributed by atoms with Crippen LogP contribution in [0.1, 0.15) is 24.6 Å². The second-order valence-electron chi connectivity index (χ2n) is 4.07. The van der Waals surface area contributed by atoms with Gasteiger partial charge in [-0.1, -0.05) is 0 Å². The van der Waals surface area contributed by atoms with E-state index in [0.717, 1.165) is 12.8 Å². The number of hydrogen-bond acceptors (Lipinski definition) is 5. The quantitative estimate of drug-likeness (QED) is 0.857. The van der Waals surface area contributed by atoms with E-state index in [2.05, 4.69) is 15.3 Å². The molecule has 0 amide bonds. The molecule has 1 fully saturated rings. The summed E-state index contributed by atoms with van der Waals surface area (Å²) >= 11 is 0. The summed E-state index contributed by atoms with van der Waals surface area (Å²) in [6, 6.07) is -0.193. The van der Waals surface area contributed by atoms with E-state index >= 15 is 0 Å². The summed E-state index contributed by atoms with van der Waals surface area (Å²) in [6.07, 6.45) is 6.07. The minimum absolute atomic E-state index is 0.193. The normalized spacial score (nSPS) is 21.6. The van der Waals surface area contributed by atoms with Gasteiger partial charge in [-0.25, -0.2) is 13.4 Å². The van der Waals surface area contributed by atoms with Crippen molar-refractivity contribution in [3.63, 3.8) is 0 Å². The summed E-state index contributed by atoms with van der Waals surface area (Å²) in [5.74, 6) is 0.646. The molecule has 2 heterocycles. The predicted octanol–water partition coefficient (Wildman–Crippen LogP) is 0.615. The SMILES string of the molecule is CNc1nccnc1[C@@H]1CCCN1S(C)(=O)=O. The standard InChI is InChI=1S/C10H16N4O2S/c1-11-10-9(12-5-6-13-10)8-4-3-7-14(8)17(2,15)16/h5-6,8H,3-4,7H2,1-2H3,(H,11,13)/t8-/m0/s1. The van der Waals surface area contributed by atoms with Crippen LogP contribution in [0.25, 0.3) is 0 Å².